The van der Waals surface area contributed by atoms with Crippen molar-refractivity contribution in [3.05, 3.63) is 119 Å². The molecule has 44 heteroatoms. The number of phenolic OH excluding ortho intramolecular Hbond substituents is 1. The normalized spacial score (nSPS) is 24.1. The highest BCUT2D eigenvalue weighted by Gasteiger charge is 2.46. The number of para-hydroxylation sites is 1. The predicted molar refractivity (Wildman–Crippen MR) is 507 cm³/mol. The Morgan fingerprint density at radius 3 is 1.71 bits per heavy atom. The molecule has 6 heterocycles. The van der Waals surface area contributed by atoms with E-state index in [1.54, 1.807) is 50.4 Å². The van der Waals surface area contributed by atoms with Gasteiger partial charge in [-0.1, -0.05) is 102 Å². The Balaban J connectivity index is 1.10. The van der Waals surface area contributed by atoms with Crippen LogP contribution in [0.2, 0.25) is 0 Å². The minimum absolute atomic E-state index is 0.00170. The molecule has 14 atom stereocenters. The fourth-order valence-electron chi connectivity index (χ4n) is 16.9. The number of aromatic hydroxyl groups is 1. The summed E-state index contributed by atoms with van der Waals surface area (Å²) in [5, 5.41) is 62.3. The van der Waals surface area contributed by atoms with Crippen LogP contribution in [0.25, 0.3) is 21.0 Å². The quantitative estimate of drug-likeness (QED) is 0.0171. The van der Waals surface area contributed by atoms with E-state index in [9.17, 15) is 48.6 Å². The molecule has 0 saturated carbocycles. The number of rotatable bonds is 27. The molecule has 3 saturated heterocycles. The number of carbonyl (C=O) groups excluding carboxylic acids is 17. The number of thioether (sulfide) groups is 1. The maximum atomic E-state index is 15.8. The second kappa shape index (κ2) is 51.4. The summed E-state index contributed by atoms with van der Waals surface area (Å²) in [5.41, 5.74) is 19.4. The van der Waals surface area contributed by atoms with Crippen LogP contribution in [0.15, 0.2) is 96.9 Å². The van der Waals surface area contributed by atoms with E-state index < -0.39 is 223 Å². The number of aliphatic hydroxyl groups excluding tert-OH is 1. The van der Waals surface area contributed by atoms with E-state index in [2.05, 4.69) is 73.4 Å². The Morgan fingerprint density at radius 2 is 1.10 bits per heavy atom. The van der Waals surface area contributed by atoms with Crippen molar-refractivity contribution in [3.8, 4) is 5.75 Å². The van der Waals surface area contributed by atoms with Gasteiger partial charge in [-0.2, -0.15) is 0 Å². The number of nitrogens with zero attached hydrogens (tertiary/aromatic N) is 6. The number of thiophene rings is 1. The third-order valence-electron chi connectivity index (χ3n) is 24.4. The third-order valence-corrected chi connectivity index (χ3v) is 26.5. The first kappa shape index (κ1) is 106. The number of aliphatic hydroxyl groups is 1. The lowest BCUT2D eigenvalue weighted by molar-refractivity contribution is -0.149. The number of nitrogens with two attached hydrogens (primary N) is 3. The average molecular weight is 1930 g/mol. The van der Waals surface area contributed by atoms with Gasteiger partial charge >= 0.3 is 0 Å². The van der Waals surface area contributed by atoms with Crippen molar-refractivity contribution in [1.29, 1.82) is 5.41 Å². The second-order valence-corrected chi connectivity index (χ2v) is 37.0. The van der Waals surface area contributed by atoms with Crippen LogP contribution in [0.5, 0.6) is 5.75 Å². The van der Waals surface area contributed by atoms with Crippen LogP contribution < -0.4 is 75.7 Å². The highest BCUT2D eigenvalue weighted by Crippen LogP contribution is 2.30. The zero-order valence-corrected chi connectivity index (χ0v) is 79.5. The number of fused-ring (bicyclic) bond motifs is 4. The van der Waals surface area contributed by atoms with Crippen molar-refractivity contribution < 1.29 is 91.7 Å². The van der Waals surface area contributed by atoms with Gasteiger partial charge < -0.3 is 120 Å². The number of imidazole rings is 1. The Morgan fingerprint density at radius 1 is 0.544 bits per heavy atom. The molecule has 1 unspecified atom stereocenters. The number of guanidine groups is 1. The van der Waals surface area contributed by atoms with Crippen molar-refractivity contribution in [2.75, 3.05) is 65.4 Å². The average Bonchev–Trinajstić information content (AvgIpc) is 1.64. The highest BCUT2D eigenvalue weighted by molar-refractivity contribution is 8.00. The number of likely N-dealkylation sites (N-methyl/N-ethyl adjacent to an activating group) is 3. The molecular formula is C92H129N23O19S2. The minimum atomic E-state index is -1.84. The molecular weight excluding hydrogens is 1800 g/mol. The standard InChI is InChI=1S/C92H129N23O19S2/c1-9-11-24-70-84(127)104-62(23-17-33-98-92(95)96)80(123)102-57(41-77(120)100-45-76(94)119)48-135-49-78(121)103-66(37-53-29-31-58(117)32-30-53)87(130)111(6)52(5)79(122)107-68(42-75(93)118)90(133)115-35-19-27-72(115)86(129)106-64(40-56-44-97-50-101-56)82(125)108-65(36-51(3)4)89(132)114-34-18-26-71(114)85(128)105-63(38-54-43-99-61-22-15-13-20-59(54)61)81(124)110-69(46-116)83(126)109-67(39-55-47-136-74-28-16-14-21-60(55)74)88(131)113(8)73(25-12-10-2)91(134)112(70)7/h13-16,20-22,28-32,43-44,47,50-52,57,62-73,99,116-117H,9-12,17-19,23-27,33-42,45-46,48-49H2,1-8H3,(H2,93,118)(H2,94,119)(H,97,101)(H,100,120)(H,102,123)(H,103,121)(H,104,127)(H,105,128)(H,106,129)(H,107,122)(H,108,125)(H,109,126)(H,110,124)(H4,95,96,98)/t52-,57+,62-,63-,64-,65-,66?,67-,68-,69-,70-,71-,72-,73-/m0/s1. The van der Waals surface area contributed by atoms with Crippen molar-refractivity contribution in [2.45, 2.75) is 241 Å². The molecule has 0 aliphatic carbocycles. The van der Waals surface area contributed by atoms with Crippen LogP contribution >= 0.6 is 23.1 Å². The van der Waals surface area contributed by atoms with Gasteiger partial charge in [-0.05, 0) is 122 Å². The number of aromatic nitrogens is 3. The Kier molecular flexibility index (Phi) is 40.3. The minimum Gasteiger partial charge on any atom is -0.508 e. The molecule has 3 aromatic carbocycles. The van der Waals surface area contributed by atoms with Crippen molar-refractivity contribution in [2.24, 2.45) is 23.1 Å². The van der Waals surface area contributed by atoms with E-state index in [0.717, 1.165) is 31.6 Å². The smallest absolute Gasteiger partial charge is 0.246 e. The maximum absolute atomic E-state index is 15.8. The summed E-state index contributed by atoms with van der Waals surface area (Å²) in [7, 11) is 3.99. The predicted octanol–water partition coefficient (Wildman–Crippen LogP) is -0.776. The number of aromatic amines is 2. The zero-order chi connectivity index (χ0) is 99.1. The number of hydrogen-bond donors (Lipinski definition) is 19. The van der Waals surface area contributed by atoms with Crippen molar-refractivity contribution in [1.82, 2.24) is 97.9 Å². The number of benzene rings is 3. The van der Waals surface area contributed by atoms with E-state index >= 15 is 43.2 Å². The van der Waals surface area contributed by atoms with Crippen LogP contribution in [0, 0.1) is 11.3 Å². The van der Waals surface area contributed by atoms with Crippen molar-refractivity contribution in [3.63, 3.8) is 0 Å². The molecule has 738 valence electrons. The number of amides is 17. The highest BCUT2D eigenvalue weighted by atomic mass is 32.2. The fraction of sp³-hybridized carbons (Fsp3) is 0.533. The number of H-pyrrole nitrogens is 2. The van der Waals surface area contributed by atoms with Gasteiger partial charge in [0.25, 0.3) is 0 Å². The van der Waals surface area contributed by atoms with E-state index in [0.29, 0.717) is 59.0 Å². The molecule has 3 aliphatic heterocycles. The molecule has 3 fully saturated rings. The first-order valence-corrected chi connectivity index (χ1v) is 47.9. The summed E-state index contributed by atoms with van der Waals surface area (Å²) in [6, 6.07) is -0.462. The van der Waals surface area contributed by atoms with Gasteiger partial charge in [0, 0.05) is 118 Å². The summed E-state index contributed by atoms with van der Waals surface area (Å²) in [4.78, 5) is 266. The lowest BCUT2D eigenvalue weighted by Gasteiger charge is -2.36. The van der Waals surface area contributed by atoms with Crippen LogP contribution in [-0.4, -0.2) is 306 Å². The van der Waals surface area contributed by atoms with Crippen molar-refractivity contribution >= 4 is 150 Å². The van der Waals surface area contributed by atoms with E-state index in [-0.39, 0.29) is 121 Å². The molecule has 22 N–H and O–H groups in total. The Labute approximate surface area is 796 Å². The summed E-state index contributed by atoms with van der Waals surface area (Å²) in [6.45, 7) is 6.85. The summed E-state index contributed by atoms with van der Waals surface area (Å²) in [5.74, 6) is -16.4. The topological polar surface area (TPSA) is 626 Å². The first-order chi connectivity index (χ1) is 64.9. The monoisotopic (exact) mass is 1920 g/mol. The lowest BCUT2D eigenvalue weighted by Crippen LogP contribution is -2.61. The molecule has 6 aromatic rings. The van der Waals surface area contributed by atoms with Gasteiger partial charge in [-0.25, -0.2) is 4.98 Å². The number of carbonyl (C=O) groups is 17. The Hall–Kier alpha value is -13.3. The molecule has 9 rings (SSSR count). The number of primary amides is 2. The summed E-state index contributed by atoms with van der Waals surface area (Å²) < 4.78 is 0.829. The van der Waals surface area contributed by atoms with Gasteiger partial charge in [0.2, 0.25) is 100 Å². The molecule has 0 radical (unpaired) electrons. The molecule has 136 heavy (non-hydrogen) atoms. The van der Waals surface area contributed by atoms with Crippen LogP contribution in [0.4, 0.5) is 0 Å². The van der Waals surface area contributed by atoms with E-state index in [1.807, 2.05) is 37.4 Å². The number of unbranched alkanes of at least 4 members (excludes halogenated alkanes) is 2. The summed E-state index contributed by atoms with van der Waals surface area (Å²) in [6.07, 6.45) is 4.31. The van der Waals surface area contributed by atoms with Gasteiger partial charge in [0.1, 0.15) is 84.3 Å². The van der Waals surface area contributed by atoms with E-state index in [4.69, 9.17) is 22.6 Å². The largest absolute Gasteiger partial charge is 0.508 e. The fourth-order valence-corrected chi connectivity index (χ4v) is 18.7. The van der Waals surface area contributed by atoms with Gasteiger partial charge in [0.15, 0.2) is 5.96 Å². The first-order valence-electron chi connectivity index (χ1n) is 45.9. The Bertz CT molecular complexity index is 5230. The number of hydrogen-bond acceptors (Lipinski definition) is 23. The summed E-state index contributed by atoms with van der Waals surface area (Å²) >= 11 is 2.24. The third kappa shape index (κ3) is 30.1. The SMILES string of the molecule is CCCC[C@H]1C(=O)N(C)[C@@H](CCCC)C(=O)N[C@@H](CCCNC(=N)N)C(=O)N[C@H](CC(=O)NCC(N)=O)CSCC(=O)NC(Cc2ccc(O)cc2)C(=O)N(C)[C@@H](C)C(=O)N[C@@H](CC(N)=O)C(=O)N2CCC[C@H]2C(=O)N[C@@H](Cc2cnc[nH]2)C(=O)N[C@@H](CC(C)C)C(=O)N2CCC[C@H]2C(=O)N[C@@H](Cc2c[nH]c3ccccc23)C(=O)N[C@@H](CO)C(=O)N[C@@H](Cc2csc3ccccc23)C(=O)N1C. The molecule has 3 aliphatic rings. The van der Waals surface area contributed by atoms with Gasteiger partial charge in [0.05, 0.1) is 31.7 Å². The molecule has 0 bridgehead atoms. The lowest BCUT2D eigenvalue weighted by atomic mass is 10.00. The second-order valence-electron chi connectivity index (χ2n) is 35.1. The maximum Gasteiger partial charge on any atom is 0.246 e. The van der Waals surface area contributed by atoms with Crippen LogP contribution in [0.3, 0.4) is 0 Å². The molecule has 0 spiro atoms. The van der Waals surface area contributed by atoms with Gasteiger partial charge in [-0.15, -0.1) is 23.1 Å². The van der Waals surface area contributed by atoms with Crippen LogP contribution in [0.1, 0.15) is 153 Å². The molecule has 3 aromatic heterocycles. The van der Waals surface area contributed by atoms with E-state index in [1.165, 1.54) is 90.9 Å². The molecule has 42 nitrogen and oxygen atoms in total. The number of phenols is 1. The van der Waals surface area contributed by atoms with Crippen LogP contribution in [-0.2, 0) is 107 Å². The van der Waals surface area contributed by atoms with Gasteiger partial charge in [-0.3, -0.25) is 86.9 Å². The number of nitrogens with one attached hydrogen (secondary N) is 14. The molecule has 17 amide bonds. The zero-order valence-electron chi connectivity index (χ0n) is 77.8.